The monoisotopic (exact) mass is 199 g/mol. The second kappa shape index (κ2) is 7.24. The molecule has 1 saturated carbocycles. The molecular weight excluding hydrogens is 174 g/mol. The molecule has 1 fully saturated rings. The number of nitrogens with two attached hydrogens (primary N) is 1. The van der Waals surface area contributed by atoms with Crippen molar-refractivity contribution in [3.05, 3.63) is 0 Å². The average Bonchev–Trinajstić information content (AvgIpc) is 2.20. The van der Waals surface area contributed by atoms with Crippen LogP contribution in [0.15, 0.2) is 0 Å². The van der Waals surface area contributed by atoms with E-state index < -0.39 is 0 Å². The summed E-state index contributed by atoms with van der Waals surface area (Å²) in [5.41, 5.74) is 5.43. The maximum absolute atomic E-state index is 5.90. The molecule has 0 spiro atoms. The Bertz CT molecular complexity index is 138. The number of unbranched alkanes of at least 4 members (excludes halogenated alkanes) is 2. The van der Waals surface area contributed by atoms with Crippen molar-refractivity contribution in [2.45, 2.75) is 58.0 Å². The van der Waals surface area contributed by atoms with Gasteiger partial charge in [-0.25, -0.2) is 0 Å². The normalized spacial score (nSPS) is 27.9. The molecule has 1 aliphatic rings. The van der Waals surface area contributed by atoms with Crippen LogP contribution < -0.4 is 5.73 Å². The third-order valence-electron chi connectivity index (χ3n) is 3.21. The smallest absolute Gasteiger partial charge is 0.0600 e. The van der Waals surface area contributed by atoms with Crippen LogP contribution in [0.25, 0.3) is 0 Å². The van der Waals surface area contributed by atoms with Crippen LogP contribution in [-0.2, 0) is 4.74 Å². The highest BCUT2D eigenvalue weighted by molar-refractivity contribution is 4.72. The van der Waals surface area contributed by atoms with Crippen molar-refractivity contribution >= 4 is 0 Å². The van der Waals surface area contributed by atoms with Crippen molar-refractivity contribution in [3.8, 4) is 0 Å². The van der Waals surface area contributed by atoms with E-state index in [1.165, 1.54) is 38.5 Å². The maximum atomic E-state index is 5.90. The number of hydrogen-bond donors (Lipinski definition) is 1. The quantitative estimate of drug-likeness (QED) is 0.668. The number of hydrogen-bond acceptors (Lipinski definition) is 2. The second-order valence-corrected chi connectivity index (χ2v) is 4.52. The summed E-state index contributed by atoms with van der Waals surface area (Å²) in [5.74, 6) is 0.776. The first kappa shape index (κ1) is 12.0. The van der Waals surface area contributed by atoms with E-state index in [2.05, 4.69) is 6.92 Å². The minimum absolute atomic E-state index is 0.543. The fraction of sp³-hybridized carbons (Fsp3) is 1.00. The lowest BCUT2D eigenvalue weighted by molar-refractivity contribution is -0.00648. The lowest BCUT2D eigenvalue weighted by atomic mass is 9.88. The molecule has 0 aromatic carbocycles. The predicted molar refractivity (Wildman–Crippen MR) is 60.3 cm³/mol. The van der Waals surface area contributed by atoms with Crippen molar-refractivity contribution in [2.24, 2.45) is 11.7 Å². The zero-order valence-corrected chi connectivity index (χ0v) is 9.50. The van der Waals surface area contributed by atoms with Crippen LogP contribution in [0.5, 0.6) is 0 Å². The first-order valence-corrected chi connectivity index (χ1v) is 6.16. The fourth-order valence-corrected chi connectivity index (χ4v) is 2.19. The first-order chi connectivity index (χ1) is 6.84. The Balaban J connectivity index is 1.99. The molecule has 1 rings (SSSR count). The van der Waals surface area contributed by atoms with E-state index in [0.29, 0.717) is 6.10 Å². The van der Waals surface area contributed by atoms with Gasteiger partial charge in [0.25, 0.3) is 0 Å². The topological polar surface area (TPSA) is 35.2 Å². The molecule has 0 aromatic heterocycles. The highest BCUT2D eigenvalue weighted by Gasteiger charge is 2.21. The standard InChI is InChI=1S/C12H25NO/c1-11-7-3-4-8-12(11)14-10-6-2-5-9-13/h11-12H,2-10,13H2,1H3. The van der Waals surface area contributed by atoms with Crippen LogP contribution in [0.1, 0.15) is 51.9 Å². The van der Waals surface area contributed by atoms with Crippen molar-refractivity contribution < 1.29 is 4.74 Å². The van der Waals surface area contributed by atoms with Gasteiger partial charge in [0.15, 0.2) is 0 Å². The lowest BCUT2D eigenvalue weighted by Gasteiger charge is -2.28. The number of rotatable bonds is 6. The van der Waals surface area contributed by atoms with Gasteiger partial charge in [0.1, 0.15) is 0 Å². The molecule has 2 unspecified atom stereocenters. The zero-order chi connectivity index (χ0) is 10.2. The van der Waals surface area contributed by atoms with E-state index in [4.69, 9.17) is 10.5 Å². The molecule has 0 amide bonds. The molecule has 0 heterocycles. The van der Waals surface area contributed by atoms with Gasteiger partial charge in [0.2, 0.25) is 0 Å². The molecule has 0 bridgehead atoms. The lowest BCUT2D eigenvalue weighted by Crippen LogP contribution is -2.25. The molecule has 0 radical (unpaired) electrons. The van der Waals surface area contributed by atoms with Gasteiger partial charge in [0, 0.05) is 6.61 Å². The van der Waals surface area contributed by atoms with Gasteiger partial charge in [-0.1, -0.05) is 19.8 Å². The van der Waals surface area contributed by atoms with E-state index in [1.807, 2.05) is 0 Å². The fourth-order valence-electron chi connectivity index (χ4n) is 2.19. The molecule has 0 aromatic rings. The van der Waals surface area contributed by atoms with Crippen molar-refractivity contribution in [1.29, 1.82) is 0 Å². The molecule has 2 atom stereocenters. The third-order valence-corrected chi connectivity index (χ3v) is 3.21. The van der Waals surface area contributed by atoms with Crippen LogP contribution in [0.2, 0.25) is 0 Å². The molecule has 0 aliphatic heterocycles. The zero-order valence-electron chi connectivity index (χ0n) is 9.50. The van der Waals surface area contributed by atoms with Gasteiger partial charge in [-0.15, -0.1) is 0 Å². The Labute approximate surface area is 88.2 Å². The summed E-state index contributed by atoms with van der Waals surface area (Å²) in [6.07, 6.45) is 9.47. The molecule has 0 saturated heterocycles. The minimum Gasteiger partial charge on any atom is -0.378 e. The van der Waals surface area contributed by atoms with Crippen molar-refractivity contribution in [3.63, 3.8) is 0 Å². The van der Waals surface area contributed by atoms with E-state index >= 15 is 0 Å². The Morgan fingerprint density at radius 2 is 1.93 bits per heavy atom. The predicted octanol–water partition coefficient (Wildman–Crippen LogP) is 2.71. The van der Waals surface area contributed by atoms with Gasteiger partial charge in [0.05, 0.1) is 6.10 Å². The van der Waals surface area contributed by atoms with E-state index in [9.17, 15) is 0 Å². The molecule has 1 aliphatic carbocycles. The van der Waals surface area contributed by atoms with Crippen LogP contribution in [0.3, 0.4) is 0 Å². The molecule has 2 nitrogen and oxygen atoms in total. The molecule has 84 valence electrons. The van der Waals surface area contributed by atoms with Crippen LogP contribution in [-0.4, -0.2) is 19.3 Å². The van der Waals surface area contributed by atoms with Crippen LogP contribution in [0.4, 0.5) is 0 Å². The van der Waals surface area contributed by atoms with E-state index in [-0.39, 0.29) is 0 Å². The largest absolute Gasteiger partial charge is 0.378 e. The Morgan fingerprint density at radius 3 is 2.64 bits per heavy atom. The average molecular weight is 199 g/mol. The third kappa shape index (κ3) is 4.43. The molecule has 14 heavy (non-hydrogen) atoms. The first-order valence-electron chi connectivity index (χ1n) is 6.16. The maximum Gasteiger partial charge on any atom is 0.0600 e. The second-order valence-electron chi connectivity index (χ2n) is 4.52. The van der Waals surface area contributed by atoms with Crippen LogP contribution >= 0.6 is 0 Å². The van der Waals surface area contributed by atoms with E-state index in [1.54, 1.807) is 0 Å². The minimum atomic E-state index is 0.543. The summed E-state index contributed by atoms with van der Waals surface area (Å²) in [5, 5.41) is 0. The summed E-state index contributed by atoms with van der Waals surface area (Å²) in [4.78, 5) is 0. The summed E-state index contributed by atoms with van der Waals surface area (Å²) in [6, 6.07) is 0. The highest BCUT2D eigenvalue weighted by atomic mass is 16.5. The summed E-state index contributed by atoms with van der Waals surface area (Å²) in [7, 11) is 0. The summed E-state index contributed by atoms with van der Waals surface area (Å²) >= 11 is 0. The van der Waals surface area contributed by atoms with Crippen molar-refractivity contribution in [2.75, 3.05) is 13.2 Å². The Kier molecular flexibility index (Phi) is 6.20. The molecule has 2 N–H and O–H groups in total. The van der Waals surface area contributed by atoms with Gasteiger partial charge in [-0.3, -0.25) is 0 Å². The molecule has 2 heteroatoms. The van der Waals surface area contributed by atoms with Gasteiger partial charge >= 0.3 is 0 Å². The Morgan fingerprint density at radius 1 is 1.14 bits per heavy atom. The van der Waals surface area contributed by atoms with Gasteiger partial charge in [-0.05, 0) is 44.6 Å². The van der Waals surface area contributed by atoms with Crippen LogP contribution in [0, 0.1) is 5.92 Å². The molecular formula is C12H25NO. The SMILES string of the molecule is CC1CCCCC1OCCCCCN. The van der Waals surface area contributed by atoms with Gasteiger partial charge < -0.3 is 10.5 Å². The number of ether oxygens (including phenoxy) is 1. The van der Waals surface area contributed by atoms with Crippen molar-refractivity contribution in [1.82, 2.24) is 0 Å². The Hall–Kier alpha value is -0.0800. The summed E-state index contributed by atoms with van der Waals surface area (Å²) < 4.78 is 5.90. The summed E-state index contributed by atoms with van der Waals surface area (Å²) in [6.45, 7) is 4.08. The highest BCUT2D eigenvalue weighted by Crippen LogP contribution is 2.26. The van der Waals surface area contributed by atoms with Gasteiger partial charge in [-0.2, -0.15) is 0 Å². The van der Waals surface area contributed by atoms with E-state index in [0.717, 1.165) is 25.5 Å².